The van der Waals surface area contributed by atoms with E-state index in [1.165, 1.54) is 30.4 Å². The minimum absolute atomic E-state index is 0.169. The molecule has 0 amide bonds. The lowest BCUT2D eigenvalue weighted by Crippen LogP contribution is -1.97. The average Bonchev–Trinajstić information content (AvgIpc) is 3.04. The van der Waals surface area contributed by atoms with E-state index < -0.39 is 5.97 Å². The number of hydrogen-bond acceptors (Lipinski definition) is 6. The van der Waals surface area contributed by atoms with Crippen LogP contribution in [0.2, 0.25) is 0 Å². The predicted molar refractivity (Wildman–Crippen MR) is 66.9 cm³/mol. The molecule has 0 aliphatic heterocycles. The van der Waals surface area contributed by atoms with Crippen LogP contribution in [0, 0.1) is 0 Å². The molecule has 7 nitrogen and oxygen atoms in total. The number of hydrogen-bond donors (Lipinski definition) is 2. The highest BCUT2D eigenvalue weighted by Gasteiger charge is 2.15. The number of carboxylic acid groups (broad SMARTS) is 1. The number of rotatable bonds is 4. The first-order valence-electron chi connectivity index (χ1n) is 5.32. The van der Waals surface area contributed by atoms with Crippen LogP contribution in [0.5, 0.6) is 0 Å². The monoisotopic (exact) mass is 276 g/mol. The van der Waals surface area contributed by atoms with Crippen LogP contribution < -0.4 is 0 Å². The summed E-state index contributed by atoms with van der Waals surface area (Å²) in [6, 6.07) is 1.43. The summed E-state index contributed by atoms with van der Waals surface area (Å²) in [5.41, 5.74) is 1.48. The molecular weight excluding hydrogens is 268 g/mol. The maximum atomic E-state index is 11.0. The molecule has 3 rings (SSSR count). The number of aromatic amines is 1. The van der Waals surface area contributed by atoms with E-state index in [-0.39, 0.29) is 5.56 Å². The Morgan fingerprint density at radius 3 is 3.16 bits per heavy atom. The van der Waals surface area contributed by atoms with Gasteiger partial charge in [0.05, 0.1) is 18.3 Å². The van der Waals surface area contributed by atoms with E-state index in [4.69, 9.17) is 9.52 Å². The van der Waals surface area contributed by atoms with Gasteiger partial charge in [-0.3, -0.25) is 0 Å². The predicted octanol–water partition coefficient (Wildman–Crippen LogP) is 1.94. The van der Waals surface area contributed by atoms with Gasteiger partial charge in [0.2, 0.25) is 0 Å². The van der Waals surface area contributed by atoms with Crippen molar-refractivity contribution in [3.8, 4) is 0 Å². The summed E-state index contributed by atoms with van der Waals surface area (Å²) in [6.07, 6.45) is 4.33. The Morgan fingerprint density at radius 2 is 2.32 bits per heavy atom. The lowest BCUT2D eigenvalue weighted by Gasteiger charge is -2.00. The van der Waals surface area contributed by atoms with Gasteiger partial charge in [0.25, 0.3) is 0 Å². The first-order chi connectivity index (χ1) is 9.25. The zero-order valence-corrected chi connectivity index (χ0v) is 10.3. The van der Waals surface area contributed by atoms with E-state index in [0.717, 1.165) is 5.52 Å². The number of aromatic nitrogens is 4. The van der Waals surface area contributed by atoms with Crippen LogP contribution in [-0.2, 0) is 5.75 Å². The van der Waals surface area contributed by atoms with E-state index in [1.54, 1.807) is 6.33 Å². The van der Waals surface area contributed by atoms with Gasteiger partial charge < -0.3 is 14.5 Å². The molecule has 0 spiro atoms. The molecule has 0 saturated heterocycles. The number of carbonyl (C=O) groups is 1. The summed E-state index contributed by atoms with van der Waals surface area (Å²) in [5.74, 6) is -0.220. The number of aromatic carboxylic acids is 1. The van der Waals surface area contributed by atoms with Crippen molar-refractivity contribution in [2.75, 3.05) is 0 Å². The standard InChI is InChI=1S/C11H8N4O3S/c16-11(17)6-1-2-18-7(6)3-19-10-8-9(13-4-12-8)14-5-15-10/h1-2,4-5H,3H2,(H,16,17)(H,12,13,14,15). The number of carboxylic acids is 1. The molecule has 8 heteroatoms. The van der Waals surface area contributed by atoms with E-state index in [9.17, 15) is 4.79 Å². The molecule has 19 heavy (non-hydrogen) atoms. The molecule has 0 unspecified atom stereocenters. The van der Waals surface area contributed by atoms with Crippen molar-refractivity contribution in [1.29, 1.82) is 0 Å². The van der Waals surface area contributed by atoms with Crippen LogP contribution >= 0.6 is 11.8 Å². The zero-order valence-electron chi connectivity index (χ0n) is 9.53. The average molecular weight is 276 g/mol. The van der Waals surface area contributed by atoms with Crippen molar-refractivity contribution in [3.63, 3.8) is 0 Å². The van der Waals surface area contributed by atoms with Crippen molar-refractivity contribution < 1.29 is 14.3 Å². The topological polar surface area (TPSA) is 105 Å². The van der Waals surface area contributed by atoms with Gasteiger partial charge in [-0.15, -0.1) is 0 Å². The fourth-order valence-corrected chi connectivity index (χ4v) is 2.54. The lowest BCUT2D eigenvalue weighted by atomic mass is 10.3. The van der Waals surface area contributed by atoms with Crippen LogP contribution in [0.15, 0.2) is 34.4 Å². The number of imidazole rings is 1. The molecule has 96 valence electrons. The lowest BCUT2D eigenvalue weighted by molar-refractivity contribution is 0.0695. The van der Waals surface area contributed by atoms with Crippen LogP contribution in [-0.4, -0.2) is 31.0 Å². The third-order valence-electron chi connectivity index (χ3n) is 2.50. The number of nitrogens with zero attached hydrogens (tertiary/aromatic N) is 3. The van der Waals surface area contributed by atoms with Gasteiger partial charge >= 0.3 is 5.97 Å². The smallest absolute Gasteiger partial charge is 0.339 e. The molecule has 0 bridgehead atoms. The second-order valence-electron chi connectivity index (χ2n) is 3.63. The van der Waals surface area contributed by atoms with Crippen LogP contribution in [0.25, 0.3) is 11.2 Å². The molecule has 3 aromatic rings. The summed E-state index contributed by atoms with van der Waals surface area (Å²) in [7, 11) is 0. The van der Waals surface area contributed by atoms with Crippen molar-refractivity contribution in [3.05, 3.63) is 36.3 Å². The molecule has 3 heterocycles. The van der Waals surface area contributed by atoms with Gasteiger partial charge in [0.1, 0.15) is 28.2 Å². The molecular formula is C11H8N4O3S. The van der Waals surface area contributed by atoms with Gasteiger partial charge in [0.15, 0.2) is 5.65 Å². The Morgan fingerprint density at radius 1 is 1.42 bits per heavy atom. The number of H-pyrrole nitrogens is 1. The van der Waals surface area contributed by atoms with Crippen molar-refractivity contribution in [2.45, 2.75) is 10.8 Å². The van der Waals surface area contributed by atoms with Crippen LogP contribution in [0.4, 0.5) is 0 Å². The SMILES string of the molecule is O=C(O)c1ccoc1CSc1ncnc2nc[nH]c12. The Hall–Kier alpha value is -2.35. The quantitative estimate of drug-likeness (QED) is 0.554. The molecule has 2 N–H and O–H groups in total. The molecule has 0 fully saturated rings. The van der Waals surface area contributed by atoms with Gasteiger partial charge in [-0.05, 0) is 6.07 Å². The fourth-order valence-electron chi connectivity index (χ4n) is 1.63. The zero-order chi connectivity index (χ0) is 13.2. The van der Waals surface area contributed by atoms with E-state index in [2.05, 4.69) is 19.9 Å². The van der Waals surface area contributed by atoms with Gasteiger partial charge in [-0.25, -0.2) is 19.7 Å². The minimum atomic E-state index is -1.00. The van der Waals surface area contributed by atoms with Crippen molar-refractivity contribution in [1.82, 2.24) is 19.9 Å². The minimum Gasteiger partial charge on any atom is -0.478 e. The normalized spacial score (nSPS) is 10.9. The first kappa shape index (κ1) is 11.7. The molecule has 3 aromatic heterocycles. The first-order valence-corrected chi connectivity index (χ1v) is 6.31. The third-order valence-corrected chi connectivity index (χ3v) is 3.49. The third kappa shape index (κ3) is 2.17. The molecule has 0 aliphatic rings. The van der Waals surface area contributed by atoms with Gasteiger partial charge in [0, 0.05) is 0 Å². The Bertz CT molecular complexity index is 736. The largest absolute Gasteiger partial charge is 0.478 e. The fraction of sp³-hybridized carbons (Fsp3) is 0.0909. The second-order valence-corrected chi connectivity index (χ2v) is 4.60. The highest BCUT2D eigenvalue weighted by molar-refractivity contribution is 7.98. The second kappa shape index (κ2) is 4.73. The van der Waals surface area contributed by atoms with E-state index in [1.807, 2.05) is 0 Å². The van der Waals surface area contributed by atoms with Crippen molar-refractivity contribution in [2.24, 2.45) is 0 Å². The molecule has 0 aliphatic carbocycles. The Kier molecular flexibility index (Phi) is 2.92. The maximum Gasteiger partial charge on any atom is 0.339 e. The number of nitrogens with one attached hydrogen (secondary N) is 1. The summed E-state index contributed by atoms with van der Waals surface area (Å²) in [5, 5.41) is 9.68. The Labute approximate surface area is 111 Å². The van der Waals surface area contributed by atoms with Gasteiger partial charge in [-0.1, -0.05) is 11.8 Å². The van der Waals surface area contributed by atoms with Crippen LogP contribution in [0.3, 0.4) is 0 Å². The van der Waals surface area contributed by atoms with Crippen molar-refractivity contribution >= 4 is 28.9 Å². The summed E-state index contributed by atoms with van der Waals surface area (Å²) < 4.78 is 5.17. The van der Waals surface area contributed by atoms with E-state index >= 15 is 0 Å². The van der Waals surface area contributed by atoms with Gasteiger partial charge in [-0.2, -0.15) is 0 Å². The highest BCUT2D eigenvalue weighted by atomic mass is 32.2. The molecule has 0 radical (unpaired) electrons. The molecule has 0 aromatic carbocycles. The van der Waals surface area contributed by atoms with Crippen LogP contribution in [0.1, 0.15) is 16.1 Å². The number of fused-ring (bicyclic) bond motifs is 1. The van der Waals surface area contributed by atoms with E-state index in [0.29, 0.717) is 22.2 Å². The molecule has 0 saturated carbocycles. The summed E-state index contributed by atoms with van der Waals surface area (Å²) in [6.45, 7) is 0. The maximum absolute atomic E-state index is 11.0. The highest BCUT2D eigenvalue weighted by Crippen LogP contribution is 2.27. The Balaban J connectivity index is 1.84. The number of furan rings is 1. The summed E-state index contributed by atoms with van der Waals surface area (Å²) >= 11 is 1.36. The molecule has 0 atom stereocenters. The summed E-state index contributed by atoms with van der Waals surface area (Å²) in [4.78, 5) is 26.1. The number of thioether (sulfide) groups is 1.